The van der Waals surface area contributed by atoms with Crippen LogP contribution in [0.5, 0.6) is 0 Å². The molecule has 0 aliphatic rings. The Morgan fingerprint density at radius 2 is 2.00 bits per heavy atom. The van der Waals surface area contributed by atoms with Crippen LogP contribution >= 0.6 is 0 Å². The summed E-state index contributed by atoms with van der Waals surface area (Å²) in [7, 11) is 0. The Bertz CT molecular complexity index is 127. The van der Waals surface area contributed by atoms with Crippen LogP contribution in [0, 0.1) is 11.3 Å². The van der Waals surface area contributed by atoms with E-state index in [9.17, 15) is 4.79 Å². The van der Waals surface area contributed by atoms with Crippen LogP contribution in [-0.2, 0) is 4.79 Å². The predicted molar refractivity (Wildman–Crippen MR) is 40.9 cm³/mol. The van der Waals surface area contributed by atoms with Crippen LogP contribution in [0.1, 0.15) is 34.1 Å². The first-order chi connectivity index (χ1) is 4.42. The van der Waals surface area contributed by atoms with E-state index in [0.717, 1.165) is 6.42 Å². The molecule has 1 atom stereocenters. The van der Waals surface area contributed by atoms with Gasteiger partial charge in [0.1, 0.15) is 0 Å². The third kappa shape index (κ3) is 1.72. The molecule has 60 valence electrons. The van der Waals surface area contributed by atoms with Crippen LogP contribution in [0.3, 0.4) is 0 Å². The molecule has 0 heterocycles. The normalized spacial score (nSPS) is 14.8. The Balaban J connectivity index is 4.23. The molecule has 0 aromatic carbocycles. The Morgan fingerprint density at radius 3 is 2.10 bits per heavy atom. The quantitative estimate of drug-likeness (QED) is 0.659. The summed E-state index contributed by atoms with van der Waals surface area (Å²) in [5.41, 5.74) is -0.575. The molecular weight excluding hydrogens is 128 g/mol. The smallest absolute Gasteiger partial charge is 0.309 e. The highest BCUT2D eigenvalue weighted by molar-refractivity contribution is 5.73. The molecule has 10 heavy (non-hydrogen) atoms. The fraction of sp³-hybridized carbons (Fsp3) is 0.875. The fourth-order valence-electron chi connectivity index (χ4n) is 0.721. The van der Waals surface area contributed by atoms with Crippen molar-refractivity contribution in [3.8, 4) is 0 Å². The third-order valence-corrected chi connectivity index (χ3v) is 2.40. The molecule has 0 bridgehead atoms. The van der Waals surface area contributed by atoms with Crippen molar-refractivity contribution in [3.05, 3.63) is 0 Å². The maximum atomic E-state index is 10.6. The highest BCUT2D eigenvalue weighted by Gasteiger charge is 2.32. The minimum absolute atomic E-state index is 0.241. The zero-order valence-corrected chi connectivity index (χ0v) is 7.14. The van der Waals surface area contributed by atoms with Crippen LogP contribution in [0.2, 0.25) is 0 Å². The molecule has 0 radical (unpaired) electrons. The van der Waals surface area contributed by atoms with Crippen LogP contribution in [0.15, 0.2) is 0 Å². The predicted octanol–water partition coefficient (Wildman–Crippen LogP) is 2.14. The van der Waals surface area contributed by atoms with E-state index in [1.165, 1.54) is 0 Å². The summed E-state index contributed by atoms with van der Waals surface area (Å²) < 4.78 is 0. The Labute approximate surface area is 62.2 Å². The first-order valence-electron chi connectivity index (χ1n) is 3.66. The highest BCUT2D eigenvalue weighted by Crippen LogP contribution is 2.28. The van der Waals surface area contributed by atoms with Gasteiger partial charge in [-0.3, -0.25) is 4.79 Å². The van der Waals surface area contributed by atoms with Crippen LogP contribution in [0.25, 0.3) is 0 Å². The number of hydrogen-bond acceptors (Lipinski definition) is 1. The summed E-state index contributed by atoms with van der Waals surface area (Å²) in [6.45, 7) is 7.51. The van der Waals surface area contributed by atoms with E-state index in [4.69, 9.17) is 5.11 Å². The number of aliphatic carboxylic acids is 1. The maximum Gasteiger partial charge on any atom is 0.309 e. The van der Waals surface area contributed by atoms with Gasteiger partial charge in [-0.1, -0.05) is 20.3 Å². The fourth-order valence-corrected chi connectivity index (χ4v) is 0.721. The van der Waals surface area contributed by atoms with Crippen LogP contribution < -0.4 is 0 Å². The van der Waals surface area contributed by atoms with Crippen molar-refractivity contribution in [2.24, 2.45) is 11.3 Å². The molecule has 2 nitrogen and oxygen atoms in total. The number of carboxylic acid groups (broad SMARTS) is 1. The molecule has 2 heteroatoms. The lowest BCUT2D eigenvalue weighted by atomic mass is 9.79. The summed E-state index contributed by atoms with van der Waals surface area (Å²) in [5, 5.41) is 8.74. The van der Waals surface area contributed by atoms with Crippen molar-refractivity contribution >= 4 is 5.97 Å². The molecule has 0 aliphatic heterocycles. The largest absolute Gasteiger partial charge is 0.481 e. The van der Waals surface area contributed by atoms with Crippen LogP contribution in [-0.4, -0.2) is 11.1 Å². The average Bonchev–Trinajstić information content (AvgIpc) is 1.86. The van der Waals surface area contributed by atoms with E-state index < -0.39 is 11.4 Å². The molecule has 0 fully saturated rings. The van der Waals surface area contributed by atoms with Gasteiger partial charge in [0.2, 0.25) is 0 Å². The minimum Gasteiger partial charge on any atom is -0.481 e. The number of carboxylic acids is 1. The van der Waals surface area contributed by atoms with Crippen molar-refractivity contribution in [1.29, 1.82) is 0 Å². The van der Waals surface area contributed by atoms with E-state index >= 15 is 0 Å². The highest BCUT2D eigenvalue weighted by atomic mass is 16.4. The molecular formula is C8H16O2. The van der Waals surface area contributed by atoms with Gasteiger partial charge in [0.25, 0.3) is 0 Å². The summed E-state index contributed by atoms with van der Waals surface area (Å²) in [6.07, 6.45) is 0.916. The first kappa shape index (κ1) is 9.47. The second kappa shape index (κ2) is 3.04. The second-order valence-corrected chi connectivity index (χ2v) is 3.34. The van der Waals surface area contributed by atoms with Gasteiger partial charge < -0.3 is 5.11 Å². The molecule has 0 saturated carbocycles. The molecule has 1 N–H and O–H groups in total. The van der Waals surface area contributed by atoms with Gasteiger partial charge in [0.15, 0.2) is 0 Å². The van der Waals surface area contributed by atoms with Crippen LogP contribution in [0.4, 0.5) is 0 Å². The molecule has 0 rings (SSSR count). The van der Waals surface area contributed by atoms with E-state index in [1.807, 2.05) is 13.8 Å². The van der Waals surface area contributed by atoms with E-state index in [0.29, 0.717) is 0 Å². The SMILES string of the molecule is CC[C@H](C)C(C)(C)C(=O)O. The lowest BCUT2D eigenvalue weighted by Crippen LogP contribution is -2.30. The maximum absolute atomic E-state index is 10.6. The standard InChI is InChI=1S/C8H16O2/c1-5-6(2)8(3,4)7(9)10/h6H,5H2,1-4H3,(H,9,10)/t6-/m0/s1. The molecule has 0 aromatic rings. The van der Waals surface area contributed by atoms with Gasteiger partial charge in [0.05, 0.1) is 5.41 Å². The van der Waals surface area contributed by atoms with Crippen molar-refractivity contribution < 1.29 is 9.90 Å². The number of hydrogen-bond donors (Lipinski definition) is 1. The Hall–Kier alpha value is -0.530. The molecule has 0 aromatic heterocycles. The molecule has 0 unspecified atom stereocenters. The molecule has 0 saturated heterocycles. The molecule has 0 amide bonds. The van der Waals surface area contributed by atoms with Crippen molar-refractivity contribution in [2.75, 3.05) is 0 Å². The third-order valence-electron chi connectivity index (χ3n) is 2.40. The monoisotopic (exact) mass is 144 g/mol. The van der Waals surface area contributed by atoms with Crippen molar-refractivity contribution in [3.63, 3.8) is 0 Å². The van der Waals surface area contributed by atoms with E-state index in [2.05, 4.69) is 0 Å². The summed E-state index contributed by atoms with van der Waals surface area (Å²) in [6, 6.07) is 0. The van der Waals surface area contributed by atoms with Gasteiger partial charge in [-0.05, 0) is 19.8 Å². The zero-order chi connectivity index (χ0) is 8.36. The lowest BCUT2D eigenvalue weighted by molar-refractivity contribution is -0.149. The average molecular weight is 144 g/mol. The Kier molecular flexibility index (Phi) is 2.88. The van der Waals surface area contributed by atoms with Crippen molar-refractivity contribution in [2.45, 2.75) is 34.1 Å². The second-order valence-electron chi connectivity index (χ2n) is 3.34. The summed E-state index contributed by atoms with van der Waals surface area (Å²) in [4.78, 5) is 10.6. The van der Waals surface area contributed by atoms with Gasteiger partial charge in [-0.15, -0.1) is 0 Å². The van der Waals surface area contributed by atoms with Gasteiger partial charge in [0, 0.05) is 0 Å². The van der Waals surface area contributed by atoms with Gasteiger partial charge in [-0.2, -0.15) is 0 Å². The topological polar surface area (TPSA) is 37.3 Å². The van der Waals surface area contributed by atoms with Gasteiger partial charge in [-0.25, -0.2) is 0 Å². The van der Waals surface area contributed by atoms with E-state index in [1.54, 1.807) is 13.8 Å². The van der Waals surface area contributed by atoms with Gasteiger partial charge >= 0.3 is 5.97 Å². The summed E-state index contributed by atoms with van der Waals surface area (Å²) in [5.74, 6) is -0.466. The lowest BCUT2D eigenvalue weighted by Gasteiger charge is -2.25. The molecule has 0 aliphatic carbocycles. The first-order valence-corrected chi connectivity index (χ1v) is 3.66. The zero-order valence-electron chi connectivity index (χ0n) is 7.14. The number of rotatable bonds is 3. The summed E-state index contributed by atoms with van der Waals surface area (Å²) >= 11 is 0. The number of carbonyl (C=O) groups is 1. The van der Waals surface area contributed by atoms with E-state index in [-0.39, 0.29) is 5.92 Å². The van der Waals surface area contributed by atoms with Crippen molar-refractivity contribution in [1.82, 2.24) is 0 Å². The minimum atomic E-state index is -0.707. The Morgan fingerprint density at radius 1 is 1.60 bits per heavy atom. The molecule has 0 spiro atoms.